The number of nitrogens with one attached hydrogen (secondary N) is 2. The summed E-state index contributed by atoms with van der Waals surface area (Å²) in [7, 11) is 1.30. The van der Waals surface area contributed by atoms with E-state index in [1.165, 1.54) is 13.2 Å². The predicted octanol–water partition coefficient (Wildman–Crippen LogP) is 7.66. The SMILES string of the molecule is COC(=O)C(c1ccc(Cl)cc1)(c1ccc(Cl)cc1)c1ccc([N+](=O)[O-])c(NC2CCC(NC(=O)OC(C)(C)C)CC2)c1. The number of nitro groups is 1. The highest BCUT2D eigenvalue weighted by Gasteiger charge is 2.46. The lowest BCUT2D eigenvalue weighted by Gasteiger charge is -2.34. The topological polar surface area (TPSA) is 120 Å². The number of carbonyl (C=O) groups is 2. The van der Waals surface area contributed by atoms with E-state index < -0.39 is 28.0 Å². The molecule has 2 N–H and O–H groups in total. The van der Waals surface area contributed by atoms with Crippen molar-refractivity contribution in [3.63, 3.8) is 0 Å². The highest BCUT2D eigenvalue weighted by molar-refractivity contribution is 6.30. The van der Waals surface area contributed by atoms with Crippen LogP contribution in [-0.4, -0.2) is 41.8 Å². The lowest BCUT2D eigenvalue weighted by molar-refractivity contribution is -0.384. The van der Waals surface area contributed by atoms with Crippen LogP contribution >= 0.6 is 23.2 Å². The molecule has 1 amide bonds. The molecule has 1 fully saturated rings. The van der Waals surface area contributed by atoms with Crippen LogP contribution in [0.4, 0.5) is 16.2 Å². The van der Waals surface area contributed by atoms with Crippen molar-refractivity contribution >= 4 is 46.6 Å². The van der Waals surface area contributed by atoms with Gasteiger partial charge in [-0.3, -0.25) is 14.9 Å². The summed E-state index contributed by atoms with van der Waals surface area (Å²) in [6.45, 7) is 5.43. The van der Waals surface area contributed by atoms with Crippen molar-refractivity contribution in [3.8, 4) is 0 Å². The normalized spacial score (nSPS) is 17.1. The Morgan fingerprint density at radius 2 is 1.33 bits per heavy atom. The molecule has 4 rings (SSSR count). The number of benzene rings is 3. The second-order valence-electron chi connectivity index (χ2n) is 11.6. The molecule has 0 radical (unpaired) electrons. The van der Waals surface area contributed by atoms with Crippen molar-refractivity contribution in [2.45, 2.75) is 69.6 Å². The first-order valence-electron chi connectivity index (χ1n) is 14.0. The summed E-state index contributed by atoms with van der Waals surface area (Å²) in [5, 5.41) is 19.3. The number of esters is 1. The Morgan fingerprint density at radius 1 is 0.837 bits per heavy atom. The molecule has 1 saturated carbocycles. The zero-order valence-electron chi connectivity index (χ0n) is 24.5. The van der Waals surface area contributed by atoms with Crippen LogP contribution in [0.5, 0.6) is 0 Å². The first-order chi connectivity index (χ1) is 20.3. The van der Waals surface area contributed by atoms with Crippen LogP contribution in [0.3, 0.4) is 0 Å². The zero-order chi connectivity index (χ0) is 31.4. The van der Waals surface area contributed by atoms with E-state index >= 15 is 0 Å². The molecule has 11 heteroatoms. The summed E-state index contributed by atoms with van der Waals surface area (Å²) in [4.78, 5) is 37.7. The van der Waals surface area contributed by atoms with Crippen molar-refractivity contribution in [2.24, 2.45) is 0 Å². The third-order valence-corrected chi connectivity index (χ3v) is 7.98. The standard InChI is InChI=1S/C32H35Cl2N3O6/c1-31(2,3)43-30(39)36-26-16-14-25(15-17-26)35-27-19-22(9-18-28(27)37(40)41)32(29(38)42-4,20-5-10-23(33)11-6-20)21-7-12-24(34)13-8-21/h5-13,18-19,25-26,35H,14-17H2,1-4H3,(H,36,39). The van der Waals surface area contributed by atoms with Crippen LogP contribution < -0.4 is 10.6 Å². The fourth-order valence-electron chi connectivity index (χ4n) is 5.53. The van der Waals surface area contributed by atoms with Gasteiger partial charge in [-0.1, -0.05) is 53.5 Å². The van der Waals surface area contributed by atoms with Gasteiger partial charge in [-0.05, 0) is 93.5 Å². The van der Waals surface area contributed by atoms with Gasteiger partial charge < -0.3 is 20.1 Å². The maximum Gasteiger partial charge on any atom is 0.407 e. The number of hydrogen-bond donors (Lipinski definition) is 2. The Bertz CT molecular complexity index is 1420. The summed E-state index contributed by atoms with van der Waals surface area (Å²) < 4.78 is 10.7. The Labute approximate surface area is 261 Å². The summed E-state index contributed by atoms with van der Waals surface area (Å²) in [6.07, 6.45) is 2.21. The second kappa shape index (κ2) is 13.2. The van der Waals surface area contributed by atoms with Crippen LogP contribution in [0, 0.1) is 10.1 Å². The number of rotatable bonds is 8. The van der Waals surface area contributed by atoms with Crippen LogP contribution in [0.25, 0.3) is 0 Å². The highest BCUT2D eigenvalue weighted by Crippen LogP contribution is 2.44. The Morgan fingerprint density at radius 3 is 1.79 bits per heavy atom. The van der Waals surface area contributed by atoms with E-state index in [0.29, 0.717) is 52.4 Å². The molecule has 0 spiro atoms. The molecule has 3 aromatic carbocycles. The fraction of sp³-hybridized carbons (Fsp3) is 0.375. The quantitative estimate of drug-likeness (QED) is 0.114. The van der Waals surface area contributed by atoms with Gasteiger partial charge in [-0.2, -0.15) is 0 Å². The Balaban J connectivity index is 1.71. The van der Waals surface area contributed by atoms with E-state index in [4.69, 9.17) is 32.7 Å². The summed E-state index contributed by atoms with van der Waals surface area (Å²) in [5.41, 5.74) is -0.308. The van der Waals surface area contributed by atoms with Crippen LogP contribution in [0.15, 0.2) is 66.7 Å². The molecule has 0 bridgehead atoms. The third-order valence-electron chi connectivity index (χ3n) is 7.48. The van der Waals surface area contributed by atoms with Crippen LogP contribution in [0.2, 0.25) is 10.0 Å². The zero-order valence-corrected chi connectivity index (χ0v) is 26.0. The van der Waals surface area contributed by atoms with Crippen LogP contribution in [-0.2, 0) is 19.7 Å². The Kier molecular flexibility index (Phi) is 9.87. The number of nitrogens with zero attached hydrogens (tertiary/aromatic N) is 1. The van der Waals surface area contributed by atoms with Gasteiger partial charge in [0.15, 0.2) is 0 Å². The molecule has 9 nitrogen and oxygen atoms in total. The van der Waals surface area contributed by atoms with Crippen molar-refractivity contribution in [3.05, 3.63) is 104 Å². The number of amides is 1. The minimum absolute atomic E-state index is 0.0593. The summed E-state index contributed by atoms with van der Waals surface area (Å²) >= 11 is 12.4. The molecule has 3 aromatic rings. The largest absolute Gasteiger partial charge is 0.468 e. The van der Waals surface area contributed by atoms with Crippen molar-refractivity contribution in [1.29, 1.82) is 0 Å². The second-order valence-corrected chi connectivity index (χ2v) is 12.5. The van der Waals surface area contributed by atoms with E-state index in [1.54, 1.807) is 60.7 Å². The van der Waals surface area contributed by atoms with E-state index in [-0.39, 0.29) is 23.5 Å². The van der Waals surface area contributed by atoms with Crippen molar-refractivity contribution < 1.29 is 24.0 Å². The number of methoxy groups -OCH3 is 1. The van der Waals surface area contributed by atoms with E-state index in [9.17, 15) is 19.7 Å². The molecule has 0 unspecified atom stereocenters. The van der Waals surface area contributed by atoms with Gasteiger partial charge >= 0.3 is 12.1 Å². The molecular weight excluding hydrogens is 593 g/mol. The van der Waals surface area contributed by atoms with Gasteiger partial charge in [0.2, 0.25) is 0 Å². The van der Waals surface area contributed by atoms with Crippen molar-refractivity contribution in [2.75, 3.05) is 12.4 Å². The number of ether oxygens (including phenoxy) is 2. The molecule has 0 saturated heterocycles. The lowest BCUT2D eigenvalue weighted by Crippen LogP contribution is -2.42. The molecule has 0 atom stereocenters. The minimum atomic E-state index is -1.48. The Hall–Kier alpha value is -3.82. The maximum absolute atomic E-state index is 13.8. The summed E-state index contributed by atoms with van der Waals surface area (Å²) in [5.74, 6) is -0.578. The van der Waals surface area contributed by atoms with E-state index in [2.05, 4.69) is 10.6 Å². The lowest BCUT2D eigenvalue weighted by atomic mass is 9.69. The minimum Gasteiger partial charge on any atom is -0.468 e. The van der Waals surface area contributed by atoms with E-state index in [1.807, 2.05) is 20.8 Å². The number of anilines is 1. The van der Waals surface area contributed by atoms with Crippen molar-refractivity contribution in [1.82, 2.24) is 5.32 Å². The number of alkyl carbamates (subject to hydrolysis) is 1. The van der Waals surface area contributed by atoms with Gasteiger partial charge in [-0.25, -0.2) is 4.79 Å². The van der Waals surface area contributed by atoms with Gasteiger partial charge in [0.05, 0.1) is 12.0 Å². The third kappa shape index (κ3) is 7.40. The van der Waals surface area contributed by atoms with Gasteiger partial charge in [-0.15, -0.1) is 0 Å². The number of halogens is 2. The maximum atomic E-state index is 13.8. The molecule has 1 aliphatic rings. The first kappa shape index (κ1) is 32.1. The smallest absolute Gasteiger partial charge is 0.407 e. The number of carbonyl (C=O) groups excluding carboxylic acids is 2. The van der Waals surface area contributed by atoms with Crippen LogP contribution in [0.1, 0.15) is 63.1 Å². The molecule has 0 aromatic heterocycles. The van der Waals surface area contributed by atoms with E-state index in [0.717, 1.165) is 0 Å². The van der Waals surface area contributed by atoms with Gasteiger partial charge in [0, 0.05) is 28.2 Å². The molecule has 0 aliphatic heterocycles. The average molecular weight is 629 g/mol. The fourth-order valence-corrected chi connectivity index (χ4v) is 5.78. The molecule has 0 heterocycles. The summed E-state index contributed by atoms with van der Waals surface area (Å²) in [6, 6.07) is 18.1. The highest BCUT2D eigenvalue weighted by atomic mass is 35.5. The molecule has 43 heavy (non-hydrogen) atoms. The number of nitro benzene ring substituents is 1. The molecular formula is C32H35Cl2N3O6. The monoisotopic (exact) mass is 627 g/mol. The first-order valence-corrected chi connectivity index (χ1v) is 14.7. The number of hydrogen-bond acceptors (Lipinski definition) is 7. The van der Waals surface area contributed by atoms with Gasteiger partial charge in [0.1, 0.15) is 16.7 Å². The molecule has 1 aliphatic carbocycles. The van der Waals surface area contributed by atoms with Gasteiger partial charge in [0.25, 0.3) is 5.69 Å². The average Bonchev–Trinajstić information content (AvgIpc) is 2.95. The predicted molar refractivity (Wildman–Crippen MR) is 167 cm³/mol. The molecule has 228 valence electrons.